The lowest BCUT2D eigenvalue weighted by Crippen LogP contribution is -2.29. The molecule has 49 heavy (non-hydrogen) atoms. The molecule has 2 aromatic carbocycles. The number of nitrogens with one attached hydrogen (secondary N) is 2. The lowest BCUT2D eigenvalue weighted by atomic mass is 10.0. The van der Waals surface area contributed by atoms with Gasteiger partial charge in [0.1, 0.15) is 35.8 Å². The highest BCUT2D eigenvalue weighted by atomic mass is 32.2. The van der Waals surface area contributed by atoms with Crippen molar-refractivity contribution in [2.45, 2.75) is 52.3 Å². The van der Waals surface area contributed by atoms with Crippen molar-refractivity contribution in [3.63, 3.8) is 0 Å². The number of phenolic OH excluding ortho intramolecular Hbond substituents is 1. The molecule has 0 aliphatic rings. The van der Waals surface area contributed by atoms with Crippen molar-refractivity contribution in [3.8, 4) is 22.6 Å². The fourth-order valence-electron chi connectivity index (χ4n) is 5.74. The van der Waals surface area contributed by atoms with Gasteiger partial charge in [0.05, 0.1) is 29.1 Å². The van der Waals surface area contributed by atoms with Crippen LogP contribution < -0.4 is 15.6 Å². The number of aromatic nitrogens is 6. The average molecular weight is 701 g/mol. The summed E-state index contributed by atoms with van der Waals surface area (Å²) in [7, 11) is -4.94. The van der Waals surface area contributed by atoms with Crippen LogP contribution >= 0.6 is 0 Å². The van der Waals surface area contributed by atoms with Gasteiger partial charge in [-0.05, 0) is 61.4 Å². The first-order valence-electron chi connectivity index (χ1n) is 15.9. The third-order valence-corrected chi connectivity index (χ3v) is 10.4. The average Bonchev–Trinajstić information content (AvgIpc) is 3.59. The Hall–Kier alpha value is -4.99. The second-order valence-corrected chi connectivity index (χ2v) is 20.8. The van der Waals surface area contributed by atoms with Crippen LogP contribution in [0.4, 0.5) is 11.5 Å². The van der Waals surface area contributed by atoms with E-state index in [1.54, 1.807) is 27.4 Å². The molecule has 4 heterocycles. The summed E-state index contributed by atoms with van der Waals surface area (Å²) in [4.78, 5) is 23.2. The molecule has 1 atom stereocenters. The van der Waals surface area contributed by atoms with Gasteiger partial charge >= 0.3 is 0 Å². The molecular weight excluding hydrogens is 661 g/mol. The molecule has 3 N–H and O–H groups in total. The molecule has 0 saturated carbocycles. The fraction of sp³-hybridized carbons (Fsp3) is 0.294. The molecule has 0 bridgehead atoms. The van der Waals surface area contributed by atoms with E-state index < -0.39 is 24.1 Å². The molecule has 0 amide bonds. The first kappa shape index (κ1) is 33.9. The maximum atomic E-state index is 14.0. The van der Waals surface area contributed by atoms with Crippen molar-refractivity contribution in [3.05, 3.63) is 95.1 Å². The molecule has 256 valence electrons. The van der Waals surface area contributed by atoms with E-state index in [0.29, 0.717) is 51.6 Å². The van der Waals surface area contributed by atoms with Crippen LogP contribution in [0.1, 0.15) is 24.4 Å². The highest BCUT2D eigenvalue weighted by molar-refractivity contribution is 7.92. The third kappa shape index (κ3) is 7.38. The monoisotopic (exact) mass is 700 g/mol. The van der Waals surface area contributed by atoms with Gasteiger partial charge < -0.3 is 19.7 Å². The minimum Gasteiger partial charge on any atom is -0.508 e. The Balaban J connectivity index is 1.48. The number of anilines is 2. The van der Waals surface area contributed by atoms with Gasteiger partial charge in [0, 0.05) is 38.7 Å². The number of rotatable bonds is 12. The minimum absolute atomic E-state index is 0.123. The van der Waals surface area contributed by atoms with Crippen molar-refractivity contribution < 1.29 is 18.3 Å². The zero-order valence-electron chi connectivity index (χ0n) is 28.3. The Labute approximate surface area is 285 Å². The fourth-order valence-corrected chi connectivity index (χ4v) is 7.04. The maximum Gasteiger partial charge on any atom is 0.282 e. The standard InChI is InChI=1S/C34H40N8O5SSi/c1-22-12-13-41-30(22)34(44)42(26-10-8-7-9-11-26)32(38-41)23(2)37-31-29-28(24-16-25(18-27(43)17-24)39-48(3,45)46)19-40(33(29)36-20-35-31)21-47-14-15-49(4,5)6/h7-13,16-20,23,39,43H,14-15,21H2,1-6H3,(H,35,36,37)/t23-/m0/s1. The van der Waals surface area contributed by atoms with Crippen molar-refractivity contribution in [2.75, 3.05) is 22.9 Å². The number of fused-ring (bicyclic) bond motifs is 2. The van der Waals surface area contributed by atoms with E-state index >= 15 is 0 Å². The van der Waals surface area contributed by atoms with Crippen LogP contribution in [-0.2, 0) is 21.5 Å². The molecule has 0 unspecified atom stereocenters. The van der Waals surface area contributed by atoms with Crippen LogP contribution in [0.3, 0.4) is 0 Å². The van der Waals surface area contributed by atoms with E-state index in [0.717, 1.165) is 17.9 Å². The summed E-state index contributed by atoms with van der Waals surface area (Å²) in [5.74, 6) is 0.785. The van der Waals surface area contributed by atoms with Crippen molar-refractivity contribution in [1.82, 2.24) is 28.7 Å². The molecule has 0 fully saturated rings. The molecule has 4 aromatic heterocycles. The van der Waals surface area contributed by atoms with Gasteiger partial charge in [0.25, 0.3) is 5.56 Å². The van der Waals surface area contributed by atoms with Gasteiger partial charge in [-0.2, -0.15) is 5.10 Å². The van der Waals surface area contributed by atoms with E-state index in [1.165, 1.54) is 12.4 Å². The number of ether oxygens (including phenoxy) is 1. The minimum atomic E-state index is -3.61. The summed E-state index contributed by atoms with van der Waals surface area (Å²) in [6, 6.07) is 16.2. The first-order chi connectivity index (χ1) is 23.2. The van der Waals surface area contributed by atoms with Crippen LogP contribution in [0, 0.1) is 6.92 Å². The quantitative estimate of drug-likeness (QED) is 0.107. The number of para-hydroxylation sites is 1. The Morgan fingerprint density at radius 3 is 2.53 bits per heavy atom. The van der Waals surface area contributed by atoms with Crippen LogP contribution in [0.25, 0.3) is 33.4 Å². The predicted octanol–water partition coefficient (Wildman–Crippen LogP) is 5.77. The summed E-state index contributed by atoms with van der Waals surface area (Å²) in [6.07, 6.45) is 6.13. The normalized spacial score (nSPS) is 12.9. The largest absolute Gasteiger partial charge is 0.508 e. The lowest BCUT2D eigenvalue weighted by Gasteiger charge is -2.20. The number of phenols is 1. The second-order valence-electron chi connectivity index (χ2n) is 13.4. The number of nitrogens with zero attached hydrogens (tertiary/aromatic N) is 6. The predicted molar refractivity (Wildman–Crippen MR) is 195 cm³/mol. The number of aromatic hydroxyl groups is 1. The Kier molecular flexibility index (Phi) is 9.09. The summed E-state index contributed by atoms with van der Waals surface area (Å²) < 4.78 is 37.8. The van der Waals surface area contributed by atoms with Gasteiger partial charge in [-0.1, -0.05) is 37.8 Å². The second kappa shape index (κ2) is 13.1. The van der Waals surface area contributed by atoms with Gasteiger partial charge in [-0.3, -0.25) is 14.1 Å². The molecule has 0 radical (unpaired) electrons. The van der Waals surface area contributed by atoms with Crippen LogP contribution in [0.15, 0.2) is 78.1 Å². The molecule has 6 rings (SSSR count). The molecule has 13 nitrogen and oxygen atoms in total. The van der Waals surface area contributed by atoms with Crippen molar-refractivity contribution >= 4 is 46.2 Å². The molecule has 0 aliphatic carbocycles. The summed E-state index contributed by atoms with van der Waals surface area (Å²) >= 11 is 0. The molecule has 15 heteroatoms. The van der Waals surface area contributed by atoms with E-state index in [4.69, 9.17) is 9.84 Å². The number of aryl methyl sites for hydroxylation is 1. The summed E-state index contributed by atoms with van der Waals surface area (Å²) in [5, 5.41) is 19.6. The van der Waals surface area contributed by atoms with E-state index in [1.807, 2.05) is 61.0 Å². The van der Waals surface area contributed by atoms with Crippen molar-refractivity contribution in [2.24, 2.45) is 0 Å². The van der Waals surface area contributed by atoms with E-state index in [-0.39, 0.29) is 23.7 Å². The van der Waals surface area contributed by atoms with Gasteiger partial charge in [-0.25, -0.2) is 22.9 Å². The SMILES string of the molecule is Cc1ccn2nc([C@H](C)Nc3ncnc4c3c(-c3cc(O)cc(NS(C)(=O)=O)c3)cn4COCC[Si](C)(C)C)n(-c3ccccc3)c(=O)c12. The number of hydrogen-bond acceptors (Lipinski definition) is 9. The summed E-state index contributed by atoms with van der Waals surface area (Å²) in [5.41, 5.74) is 3.72. The van der Waals surface area contributed by atoms with Crippen LogP contribution in [0.2, 0.25) is 25.7 Å². The van der Waals surface area contributed by atoms with Gasteiger partial charge in [-0.15, -0.1) is 0 Å². The molecule has 0 aliphatic heterocycles. The molecule has 0 spiro atoms. The summed E-state index contributed by atoms with van der Waals surface area (Å²) in [6.45, 7) is 11.5. The smallest absolute Gasteiger partial charge is 0.282 e. The molecule has 0 saturated heterocycles. The third-order valence-electron chi connectivity index (χ3n) is 8.08. The first-order valence-corrected chi connectivity index (χ1v) is 21.4. The maximum absolute atomic E-state index is 14.0. The van der Waals surface area contributed by atoms with Crippen molar-refractivity contribution in [1.29, 1.82) is 0 Å². The zero-order chi connectivity index (χ0) is 35.1. The number of hydrogen-bond donors (Lipinski definition) is 3. The zero-order valence-corrected chi connectivity index (χ0v) is 30.1. The Bertz CT molecular complexity index is 2330. The van der Waals surface area contributed by atoms with Gasteiger partial charge in [0.2, 0.25) is 10.0 Å². The molecule has 6 aromatic rings. The number of sulfonamides is 1. The van der Waals surface area contributed by atoms with Gasteiger partial charge in [0.15, 0.2) is 5.82 Å². The van der Waals surface area contributed by atoms with Crippen LogP contribution in [0.5, 0.6) is 5.75 Å². The Morgan fingerprint density at radius 1 is 1.06 bits per heavy atom. The Morgan fingerprint density at radius 2 is 1.82 bits per heavy atom. The highest BCUT2D eigenvalue weighted by Gasteiger charge is 2.24. The highest BCUT2D eigenvalue weighted by Crippen LogP contribution is 2.38. The number of benzene rings is 2. The topological polar surface area (TPSA) is 158 Å². The van der Waals surface area contributed by atoms with Crippen LogP contribution in [-0.4, -0.2) is 63.2 Å². The lowest BCUT2D eigenvalue weighted by molar-refractivity contribution is 0.0899. The van der Waals surface area contributed by atoms with E-state index in [9.17, 15) is 18.3 Å². The van der Waals surface area contributed by atoms with E-state index in [2.05, 4.69) is 39.6 Å². The molecular formula is C34H40N8O5SSi.